The van der Waals surface area contributed by atoms with Crippen LogP contribution in [0.4, 0.5) is 0 Å². The molecular formula is C14H21NO2. The van der Waals surface area contributed by atoms with Crippen molar-refractivity contribution in [2.24, 2.45) is 0 Å². The summed E-state index contributed by atoms with van der Waals surface area (Å²) in [5, 5.41) is 2.80. The molecule has 1 amide bonds. The Morgan fingerprint density at radius 2 is 2.12 bits per heavy atom. The standard InChI is InChI=1S/C14H21NO2/c1-10(2)12-5-6-14(17-4)13(9-12)7-8-15-11(3)16/h5-6,9-10H,7-8H2,1-4H3,(H,15,16). The molecule has 0 heterocycles. The van der Waals surface area contributed by atoms with Crippen LogP contribution in [0.2, 0.25) is 0 Å². The zero-order valence-corrected chi connectivity index (χ0v) is 11.0. The molecule has 1 N–H and O–H groups in total. The van der Waals surface area contributed by atoms with E-state index in [4.69, 9.17) is 4.74 Å². The molecule has 0 aliphatic heterocycles. The Morgan fingerprint density at radius 1 is 1.41 bits per heavy atom. The van der Waals surface area contributed by atoms with Crippen LogP contribution < -0.4 is 10.1 Å². The Hall–Kier alpha value is -1.51. The average molecular weight is 235 g/mol. The number of carbonyl (C=O) groups excluding carboxylic acids is 1. The third-order valence-corrected chi connectivity index (χ3v) is 2.74. The van der Waals surface area contributed by atoms with Gasteiger partial charge in [0.05, 0.1) is 7.11 Å². The minimum absolute atomic E-state index is 0.00369. The average Bonchev–Trinajstić information content (AvgIpc) is 2.28. The summed E-state index contributed by atoms with van der Waals surface area (Å²) in [4.78, 5) is 10.8. The summed E-state index contributed by atoms with van der Waals surface area (Å²) in [6.45, 7) is 6.51. The Kier molecular flexibility index (Phi) is 5.01. The molecule has 1 aromatic rings. The Morgan fingerprint density at radius 3 is 2.65 bits per heavy atom. The molecular weight excluding hydrogens is 214 g/mol. The van der Waals surface area contributed by atoms with E-state index in [1.165, 1.54) is 12.5 Å². The number of hydrogen-bond acceptors (Lipinski definition) is 2. The highest BCUT2D eigenvalue weighted by Gasteiger charge is 2.06. The van der Waals surface area contributed by atoms with Gasteiger partial charge < -0.3 is 10.1 Å². The fourth-order valence-electron chi connectivity index (χ4n) is 1.73. The first-order chi connectivity index (χ1) is 8.04. The molecule has 3 nitrogen and oxygen atoms in total. The molecule has 0 saturated heterocycles. The maximum Gasteiger partial charge on any atom is 0.216 e. The first-order valence-corrected chi connectivity index (χ1v) is 5.96. The molecule has 94 valence electrons. The number of ether oxygens (including phenoxy) is 1. The van der Waals surface area contributed by atoms with Crippen molar-refractivity contribution in [2.75, 3.05) is 13.7 Å². The van der Waals surface area contributed by atoms with Crippen LogP contribution in [-0.2, 0) is 11.2 Å². The van der Waals surface area contributed by atoms with Crippen LogP contribution in [0.3, 0.4) is 0 Å². The van der Waals surface area contributed by atoms with E-state index >= 15 is 0 Å². The van der Waals surface area contributed by atoms with Gasteiger partial charge in [-0.1, -0.05) is 26.0 Å². The second kappa shape index (κ2) is 6.28. The van der Waals surface area contributed by atoms with Crippen LogP contribution >= 0.6 is 0 Å². The van der Waals surface area contributed by atoms with Crippen LogP contribution in [-0.4, -0.2) is 19.6 Å². The quantitative estimate of drug-likeness (QED) is 0.851. The van der Waals surface area contributed by atoms with Crippen molar-refractivity contribution in [3.63, 3.8) is 0 Å². The van der Waals surface area contributed by atoms with E-state index in [9.17, 15) is 4.79 Å². The fraction of sp³-hybridized carbons (Fsp3) is 0.500. The van der Waals surface area contributed by atoms with Gasteiger partial charge in [0.15, 0.2) is 0 Å². The van der Waals surface area contributed by atoms with Crippen molar-refractivity contribution in [1.82, 2.24) is 5.32 Å². The molecule has 0 aliphatic carbocycles. The first-order valence-electron chi connectivity index (χ1n) is 5.96. The predicted octanol–water partition coefficient (Wildman–Crippen LogP) is 2.50. The van der Waals surface area contributed by atoms with Crippen molar-refractivity contribution in [3.05, 3.63) is 29.3 Å². The second-order valence-corrected chi connectivity index (χ2v) is 4.46. The third-order valence-electron chi connectivity index (χ3n) is 2.74. The fourth-order valence-corrected chi connectivity index (χ4v) is 1.73. The van der Waals surface area contributed by atoms with Crippen LogP contribution in [0.1, 0.15) is 37.8 Å². The first kappa shape index (κ1) is 13.6. The number of nitrogens with one attached hydrogen (secondary N) is 1. The van der Waals surface area contributed by atoms with Crippen LogP contribution in [0.5, 0.6) is 5.75 Å². The van der Waals surface area contributed by atoms with Gasteiger partial charge in [0.25, 0.3) is 0 Å². The topological polar surface area (TPSA) is 38.3 Å². The minimum atomic E-state index is 0.00369. The monoisotopic (exact) mass is 235 g/mol. The molecule has 0 fully saturated rings. The Labute approximate surface area is 103 Å². The number of rotatable bonds is 5. The van der Waals surface area contributed by atoms with Gasteiger partial charge in [0.1, 0.15) is 5.75 Å². The second-order valence-electron chi connectivity index (χ2n) is 4.46. The molecule has 3 heteroatoms. The van der Waals surface area contributed by atoms with Crippen LogP contribution in [0.25, 0.3) is 0 Å². The predicted molar refractivity (Wildman–Crippen MR) is 69.5 cm³/mol. The lowest BCUT2D eigenvalue weighted by Crippen LogP contribution is -2.22. The van der Waals surface area contributed by atoms with E-state index < -0.39 is 0 Å². The highest BCUT2D eigenvalue weighted by Crippen LogP contribution is 2.24. The summed E-state index contributed by atoms with van der Waals surface area (Å²) in [6, 6.07) is 6.25. The number of methoxy groups -OCH3 is 1. The number of benzene rings is 1. The van der Waals surface area contributed by atoms with Gasteiger partial charge >= 0.3 is 0 Å². The van der Waals surface area contributed by atoms with Crippen molar-refractivity contribution in [1.29, 1.82) is 0 Å². The molecule has 17 heavy (non-hydrogen) atoms. The molecule has 1 aromatic carbocycles. The molecule has 0 bridgehead atoms. The lowest BCUT2D eigenvalue weighted by molar-refractivity contribution is -0.118. The summed E-state index contributed by atoms with van der Waals surface area (Å²) in [7, 11) is 1.67. The Bertz CT molecular complexity index is 386. The maximum absolute atomic E-state index is 10.8. The van der Waals surface area contributed by atoms with Crippen LogP contribution in [0, 0.1) is 0 Å². The van der Waals surface area contributed by atoms with E-state index in [0.29, 0.717) is 12.5 Å². The summed E-state index contributed by atoms with van der Waals surface area (Å²) < 4.78 is 5.32. The summed E-state index contributed by atoms with van der Waals surface area (Å²) in [5.74, 6) is 1.39. The number of carbonyl (C=O) groups is 1. The molecule has 0 radical (unpaired) electrons. The zero-order valence-electron chi connectivity index (χ0n) is 11.0. The highest BCUT2D eigenvalue weighted by molar-refractivity contribution is 5.72. The largest absolute Gasteiger partial charge is 0.496 e. The third kappa shape index (κ3) is 4.10. The molecule has 0 saturated carbocycles. The summed E-state index contributed by atoms with van der Waals surface area (Å²) in [6.07, 6.45) is 0.795. The van der Waals surface area contributed by atoms with Crippen molar-refractivity contribution in [3.8, 4) is 5.75 Å². The van der Waals surface area contributed by atoms with Gasteiger partial charge in [-0.3, -0.25) is 4.79 Å². The normalized spacial score (nSPS) is 10.4. The zero-order chi connectivity index (χ0) is 12.8. The van der Waals surface area contributed by atoms with Gasteiger partial charge in [0.2, 0.25) is 5.91 Å². The van der Waals surface area contributed by atoms with E-state index in [1.807, 2.05) is 6.07 Å². The van der Waals surface area contributed by atoms with Gasteiger partial charge in [-0.2, -0.15) is 0 Å². The van der Waals surface area contributed by atoms with Gasteiger partial charge in [-0.05, 0) is 29.5 Å². The lowest BCUT2D eigenvalue weighted by atomic mass is 9.99. The lowest BCUT2D eigenvalue weighted by Gasteiger charge is -2.12. The van der Waals surface area contributed by atoms with Gasteiger partial charge in [-0.25, -0.2) is 0 Å². The molecule has 0 spiro atoms. The van der Waals surface area contributed by atoms with Crippen molar-refractivity contribution in [2.45, 2.75) is 33.1 Å². The minimum Gasteiger partial charge on any atom is -0.496 e. The smallest absolute Gasteiger partial charge is 0.216 e. The van der Waals surface area contributed by atoms with E-state index in [-0.39, 0.29) is 5.91 Å². The summed E-state index contributed by atoms with van der Waals surface area (Å²) >= 11 is 0. The van der Waals surface area contributed by atoms with Gasteiger partial charge in [-0.15, -0.1) is 0 Å². The Balaban J connectivity index is 2.79. The van der Waals surface area contributed by atoms with Crippen molar-refractivity contribution < 1.29 is 9.53 Å². The molecule has 0 unspecified atom stereocenters. The molecule has 1 rings (SSSR count). The summed E-state index contributed by atoms with van der Waals surface area (Å²) in [5.41, 5.74) is 2.44. The van der Waals surface area contributed by atoms with E-state index in [2.05, 4.69) is 31.3 Å². The molecule has 0 atom stereocenters. The molecule has 0 aliphatic rings. The SMILES string of the molecule is COc1ccc(C(C)C)cc1CCNC(C)=O. The van der Waals surface area contributed by atoms with E-state index in [0.717, 1.165) is 17.7 Å². The highest BCUT2D eigenvalue weighted by atomic mass is 16.5. The van der Waals surface area contributed by atoms with Crippen LogP contribution in [0.15, 0.2) is 18.2 Å². The van der Waals surface area contributed by atoms with Crippen molar-refractivity contribution >= 4 is 5.91 Å². The number of hydrogen-bond donors (Lipinski definition) is 1. The molecule has 0 aromatic heterocycles. The van der Waals surface area contributed by atoms with E-state index in [1.54, 1.807) is 7.11 Å². The number of amides is 1. The van der Waals surface area contributed by atoms with Gasteiger partial charge in [0, 0.05) is 13.5 Å². The maximum atomic E-state index is 10.8.